The molecular weight excluding hydrogens is 1240 g/mol. The van der Waals surface area contributed by atoms with E-state index >= 15 is 0 Å². The molecule has 2 bridgehead atoms. The van der Waals surface area contributed by atoms with Crippen LogP contribution in [-0.2, 0) is 74.8 Å². The minimum absolute atomic E-state index is 0.00518. The van der Waals surface area contributed by atoms with Gasteiger partial charge in [0.25, 0.3) is 11.8 Å². The molecule has 0 radical (unpaired) electrons. The van der Waals surface area contributed by atoms with Gasteiger partial charge in [-0.05, 0) is 20.3 Å². The summed E-state index contributed by atoms with van der Waals surface area (Å²) < 4.78 is 88.3. The van der Waals surface area contributed by atoms with E-state index in [1.54, 1.807) is 19.0 Å². The van der Waals surface area contributed by atoms with Crippen LogP contribution in [-0.4, -0.2) is 234 Å². The quantitative estimate of drug-likeness (QED) is 0.0178. The number of carbonyl (C=O) groups excluding carboxylic acids is 6. The van der Waals surface area contributed by atoms with Crippen LogP contribution in [0, 0.1) is 0 Å². The van der Waals surface area contributed by atoms with Crippen molar-refractivity contribution in [1.82, 2.24) is 58.6 Å². The van der Waals surface area contributed by atoms with Crippen molar-refractivity contribution in [3.63, 3.8) is 0 Å². The summed E-state index contributed by atoms with van der Waals surface area (Å²) in [6.07, 6.45) is -5.78. The molecule has 466 valence electrons. The molecule has 3 saturated heterocycles. The lowest BCUT2D eigenvalue weighted by atomic mass is 10.1. The Morgan fingerprint density at radius 3 is 1.93 bits per heavy atom. The number of hydrogen-bond donors (Lipinski definition) is 5. The average Bonchev–Trinajstić information content (AvgIpc) is 2.14. The molecule has 39 heteroatoms. The number of amides is 5. The molecule has 4 aromatic rings. The topological polar surface area (TPSA) is 401 Å². The van der Waals surface area contributed by atoms with E-state index in [1.165, 1.54) is 78.7 Å². The molecular formula is C46H64N14O19P2S4. The summed E-state index contributed by atoms with van der Waals surface area (Å²) in [6.45, 7) is -6.08. The predicted molar refractivity (Wildman–Crippen MR) is 308 cm³/mol. The molecule has 4 aliphatic heterocycles. The first-order valence-corrected chi connectivity index (χ1v) is 33.8. The third kappa shape index (κ3) is 16.8. The fraction of sp³-hybridized carbons (Fsp3) is 0.609. The van der Waals surface area contributed by atoms with Gasteiger partial charge in [0, 0.05) is 63.3 Å². The number of imidazole rings is 2. The lowest BCUT2D eigenvalue weighted by molar-refractivity contribution is -0.138. The molecule has 4 aromatic heterocycles. The minimum Gasteiger partial charge on any atom is -0.449 e. The monoisotopic (exact) mass is 1310 g/mol. The first-order chi connectivity index (χ1) is 40.3. The molecule has 85 heavy (non-hydrogen) atoms. The summed E-state index contributed by atoms with van der Waals surface area (Å²) in [5.74, 6) is -0.622. The van der Waals surface area contributed by atoms with E-state index in [-0.39, 0.29) is 96.3 Å². The molecule has 3 fully saturated rings. The van der Waals surface area contributed by atoms with Crippen LogP contribution in [0.15, 0.2) is 37.5 Å². The van der Waals surface area contributed by atoms with E-state index < -0.39 is 107 Å². The number of nitrogens with zero attached hydrogens (tertiary/aromatic N) is 12. The first kappa shape index (κ1) is 65.6. The highest BCUT2D eigenvalue weighted by Gasteiger charge is 2.55. The maximum Gasteiger partial charge on any atom is 0.508 e. The standard InChI is InChI=1S/C46H64N14O19P2S4/c1-46(2,10-8-28(61)55(3)11-12-56(4)29(62)9-15-70-16-14-58-30(63)6-7-31(58)64)85-84-19-18-71-44(66)57(5)13-17-72-45(67)77-37-35-27(76-43(37)60-25-54-33-39(48)50-23-52-41(33)60)21-74-81(69,83)79-36-34(65)26(20-73-80(68,82)78-35)75-42(36)59-24-53-32-38(47)49-22-51-40(32)59/h6-7,22-27,34-37,42-43,65H,8-21H2,1-5H3,(H,68,82)(H,69,83)(H2,47,49,51)(H2,48,50,52)/t26-,27-,34-,35-,36-,37-,42-,43-,80-,81-/m1/s1. The Labute approximate surface area is 503 Å². The summed E-state index contributed by atoms with van der Waals surface area (Å²) in [7, 11) is 7.72. The number of ether oxygens (including phenoxy) is 6. The number of aliphatic hydroxyl groups excluding tert-OH is 1. The van der Waals surface area contributed by atoms with Crippen LogP contribution in [0.2, 0.25) is 0 Å². The molecule has 5 N–H and O–H groups in total. The number of hydrogen-bond acceptors (Lipinski definition) is 29. The maximum atomic E-state index is 14.2. The molecule has 33 nitrogen and oxygen atoms in total. The summed E-state index contributed by atoms with van der Waals surface area (Å²) in [4.78, 5) is 106. The van der Waals surface area contributed by atoms with Gasteiger partial charge in [-0.3, -0.25) is 51.3 Å². The van der Waals surface area contributed by atoms with Gasteiger partial charge in [-0.15, -0.1) is 0 Å². The van der Waals surface area contributed by atoms with Crippen LogP contribution in [0.4, 0.5) is 21.2 Å². The number of aliphatic hydroxyl groups is 1. The Morgan fingerprint density at radius 1 is 0.741 bits per heavy atom. The van der Waals surface area contributed by atoms with Crippen LogP contribution < -0.4 is 11.5 Å². The normalized spacial score (nSPS) is 26.2. The zero-order valence-electron chi connectivity index (χ0n) is 46.4. The maximum absolute atomic E-state index is 14.2. The fourth-order valence-corrected chi connectivity index (χ4v) is 14.1. The summed E-state index contributed by atoms with van der Waals surface area (Å²) in [5, 5.41) is 11.5. The van der Waals surface area contributed by atoms with Crippen molar-refractivity contribution in [1.29, 1.82) is 0 Å². The Balaban J connectivity index is 0.789. The van der Waals surface area contributed by atoms with Crippen molar-refractivity contribution >= 4 is 130 Å². The van der Waals surface area contributed by atoms with Crippen molar-refractivity contribution in [2.45, 2.75) is 86.9 Å². The number of rotatable bonds is 23. The SMILES string of the molecule is CN(CCN(C)C(=O)CCC(C)(C)SSCCOC(=O)N(C)CCOC(=O)O[C@@H]1[C@@H]2O[P@](=O)(S)OC[C@H]3O[C@@H](n4cnc5c(N)ncnc54)[C@H](O[P@](=O)(S)OC[C@H]2O[C@H]1n1cnc2c(N)ncnc21)[C@@H]3O)C(=O)CCOCCN1C(=O)C=CC1=O. The average molecular weight is 1310 g/mol. The molecule has 8 rings (SSSR count). The van der Waals surface area contributed by atoms with Gasteiger partial charge in [0.05, 0.1) is 58.6 Å². The van der Waals surface area contributed by atoms with E-state index in [0.717, 1.165) is 11.2 Å². The highest BCUT2D eigenvalue weighted by atomic mass is 33.1. The van der Waals surface area contributed by atoms with E-state index in [1.807, 2.05) is 13.8 Å². The van der Waals surface area contributed by atoms with Crippen molar-refractivity contribution in [2.24, 2.45) is 0 Å². The van der Waals surface area contributed by atoms with E-state index in [9.17, 15) is 43.0 Å². The predicted octanol–water partition coefficient (Wildman–Crippen LogP) is 2.66. The third-order valence-corrected chi connectivity index (χ3v) is 20.0. The molecule has 0 unspecified atom stereocenters. The van der Waals surface area contributed by atoms with Gasteiger partial charge >= 0.3 is 25.8 Å². The largest absolute Gasteiger partial charge is 0.508 e. The molecule has 0 aromatic carbocycles. The second-order valence-electron chi connectivity index (χ2n) is 20.0. The minimum atomic E-state index is -4.59. The van der Waals surface area contributed by atoms with Gasteiger partial charge in [0.2, 0.25) is 11.8 Å². The van der Waals surface area contributed by atoms with Crippen LogP contribution in [0.3, 0.4) is 0 Å². The number of likely N-dealkylation sites (N-methyl/N-ethyl adjacent to an activating group) is 3. The van der Waals surface area contributed by atoms with Gasteiger partial charge < -0.3 is 59.7 Å². The molecule has 5 amide bonds. The molecule has 0 aliphatic carbocycles. The Morgan fingerprint density at radius 2 is 1.31 bits per heavy atom. The molecule has 0 saturated carbocycles. The van der Waals surface area contributed by atoms with E-state index in [0.29, 0.717) is 25.3 Å². The molecule has 0 spiro atoms. The lowest BCUT2D eigenvalue weighted by Gasteiger charge is -2.27. The molecule has 4 aliphatic rings. The Bertz CT molecular complexity index is 3200. The zero-order chi connectivity index (χ0) is 61.4. The summed E-state index contributed by atoms with van der Waals surface area (Å²) in [6, 6.07) is 0. The van der Waals surface area contributed by atoms with Gasteiger partial charge in [-0.25, -0.2) is 48.6 Å². The number of imide groups is 1. The lowest BCUT2D eigenvalue weighted by Crippen LogP contribution is -2.39. The van der Waals surface area contributed by atoms with Crippen LogP contribution >= 0.6 is 59.7 Å². The van der Waals surface area contributed by atoms with Gasteiger partial charge in [-0.1, -0.05) is 46.1 Å². The first-order valence-electron chi connectivity index (χ1n) is 26.1. The van der Waals surface area contributed by atoms with Crippen LogP contribution in [0.5, 0.6) is 0 Å². The van der Waals surface area contributed by atoms with Crippen LogP contribution in [0.25, 0.3) is 22.3 Å². The highest BCUT2D eigenvalue weighted by molar-refractivity contribution is 8.77. The van der Waals surface area contributed by atoms with Crippen molar-refractivity contribution in [3.05, 3.63) is 37.5 Å². The van der Waals surface area contributed by atoms with Crippen LogP contribution in [0.1, 0.15) is 45.6 Å². The number of fused-ring (bicyclic) bond motifs is 5. The van der Waals surface area contributed by atoms with Crippen molar-refractivity contribution in [2.75, 3.05) is 104 Å². The highest BCUT2D eigenvalue weighted by Crippen LogP contribution is 2.60. The number of aromatic nitrogens is 8. The number of carbonyl (C=O) groups is 6. The number of anilines is 2. The number of nitrogens with two attached hydrogens (primary N) is 2. The van der Waals surface area contributed by atoms with E-state index in [4.69, 9.17) is 58.0 Å². The summed E-state index contributed by atoms with van der Waals surface area (Å²) in [5.41, 5.74) is 12.7. The van der Waals surface area contributed by atoms with Gasteiger partial charge in [-0.2, -0.15) is 0 Å². The number of thiol groups is 2. The smallest absolute Gasteiger partial charge is 0.449 e. The summed E-state index contributed by atoms with van der Waals surface area (Å²) >= 11 is 8.42. The zero-order valence-corrected chi connectivity index (χ0v) is 51.6. The van der Waals surface area contributed by atoms with Gasteiger partial charge in [0.1, 0.15) is 67.4 Å². The fourth-order valence-electron chi connectivity index (χ4n) is 8.75. The van der Waals surface area contributed by atoms with Crippen molar-refractivity contribution < 1.29 is 89.5 Å². The molecule has 8 heterocycles. The van der Waals surface area contributed by atoms with Gasteiger partial charge in [0.15, 0.2) is 41.5 Å². The second-order valence-corrected chi connectivity index (χ2v) is 28.9. The molecule has 10 atom stereocenters. The Kier molecular flexibility index (Phi) is 22.1. The Hall–Kier alpha value is -5.40. The van der Waals surface area contributed by atoms with Crippen molar-refractivity contribution in [3.8, 4) is 0 Å². The third-order valence-electron chi connectivity index (χ3n) is 13.5. The second kappa shape index (κ2) is 28.6. The number of nitrogen functional groups attached to an aromatic ring is 2. The van der Waals surface area contributed by atoms with E-state index in [2.05, 4.69) is 54.4 Å².